The fraction of sp³-hybridized carbons (Fsp3) is 1.00. The van der Waals surface area contributed by atoms with E-state index in [2.05, 4.69) is 0 Å². The molecule has 34 valence electrons. The Morgan fingerprint density at radius 1 is 1.67 bits per heavy atom. The molecule has 0 saturated carbocycles. The molecule has 6 heavy (non-hydrogen) atoms. The molecule has 0 radical (unpaired) electrons. The molecule has 3 heteroatoms. The molecule has 0 amide bonds. The van der Waals surface area contributed by atoms with Gasteiger partial charge in [-0.25, -0.2) is 0 Å². The minimum atomic E-state index is 0. The van der Waals surface area contributed by atoms with Gasteiger partial charge in [0.25, 0.3) is 0 Å². The van der Waals surface area contributed by atoms with Gasteiger partial charge in [0.05, 0.1) is 0 Å². The van der Waals surface area contributed by atoms with Crippen molar-refractivity contribution >= 4 is 0 Å². The first-order valence-electron chi connectivity index (χ1n) is 1.72. The number of aliphatic hydroxyl groups is 1. The fourth-order valence-electron chi connectivity index (χ4n) is 0.0913. The standard InChI is InChI=1S/C3H9NO.Na.H/c4-2-1-3-5;;/h5H,1-4H2;;/q;+1;-1. The van der Waals surface area contributed by atoms with Crippen LogP contribution in [0.4, 0.5) is 0 Å². The predicted octanol–water partition coefficient (Wildman–Crippen LogP) is -3.56. The van der Waals surface area contributed by atoms with E-state index in [0.717, 1.165) is 6.42 Å². The van der Waals surface area contributed by atoms with E-state index in [4.69, 9.17) is 10.8 Å². The zero-order chi connectivity index (χ0) is 4.12. The van der Waals surface area contributed by atoms with Gasteiger partial charge in [0, 0.05) is 6.61 Å². The molecule has 0 rings (SSSR count). The summed E-state index contributed by atoms with van der Waals surface area (Å²) < 4.78 is 0. The maximum Gasteiger partial charge on any atom is 1.00 e. The summed E-state index contributed by atoms with van der Waals surface area (Å²) in [6.07, 6.45) is 0.722. The largest absolute Gasteiger partial charge is 1.00 e. The number of nitrogens with two attached hydrogens (primary N) is 1. The van der Waals surface area contributed by atoms with Crippen LogP contribution in [-0.2, 0) is 0 Å². The van der Waals surface area contributed by atoms with Crippen molar-refractivity contribution in [1.82, 2.24) is 0 Å². The van der Waals surface area contributed by atoms with Gasteiger partial charge < -0.3 is 12.3 Å². The van der Waals surface area contributed by atoms with E-state index >= 15 is 0 Å². The summed E-state index contributed by atoms with van der Waals surface area (Å²) in [4.78, 5) is 0. The van der Waals surface area contributed by atoms with Crippen molar-refractivity contribution in [3.05, 3.63) is 0 Å². The van der Waals surface area contributed by atoms with E-state index in [1.807, 2.05) is 0 Å². The van der Waals surface area contributed by atoms with Crippen molar-refractivity contribution in [2.24, 2.45) is 5.73 Å². The van der Waals surface area contributed by atoms with Gasteiger partial charge in [-0.05, 0) is 13.0 Å². The van der Waals surface area contributed by atoms with Crippen molar-refractivity contribution in [2.45, 2.75) is 6.42 Å². The van der Waals surface area contributed by atoms with Crippen LogP contribution in [0.2, 0.25) is 0 Å². The first-order valence-corrected chi connectivity index (χ1v) is 1.72. The normalized spacial score (nSPS) is 7.00. The van der Waals surface area contributed by atoms with E-state index in [0.29, 0.717) is 6.54 Å². The Morgan fingerprint density at radius 2 is 2.17 bits per heavy atom. The first kappa shape index (κ1) is 10.0. The Morgan fingerprint density at radius 3 is 2.17 bits per heavy atom. The van der Waals surface area contributed by atoms with Crippen LogP contribution in [0, 0.1) is 0 Å². The molecule has 0 fully saturated rings. The minimum Gasteiger partial charge on any atom is -1.00 e. The monoisotopic (exact) mass is 99.1 g/mol. The summed E-state index contributed by atoms with van der Waals surface area (Å²) in [6, 6.07) is 0. The van der Waals surface area contributed by atoms with Crippen LogP contribution in [0.15, 0.2) is 0 Å². The van der Waals surface area contributed by atoms with E-state index in [-0.39, 0.29) is 37.6 Å². The van der Waals surface area contributed by atoms with E-state index in [1.54, 1.807) is 0 Å². The van der Waals surface area contributed by atoms with Crippen LogP contribution in [0.5, 0.6) is 0 Å². The fourth-order valence-corrected chi connectivity index (χ4v) is 0.0913. The van der Waals surface area contributed by atoms with Crippen LogP contribution in [0.1, 0.15) is 7.85 Å². The molecule has 0 saturated heterocycles. The van der Waals surface area contributed by atoms with Crippen LogP contribution in [-0.4, -0.2) is 18.3 Å². The summed E-state index contributed by atoms with van der Waals surface area (Å²) in [5, 5.41) is 7.99. The van der Waals surface area contributed by atoms with Gasteiger partial charge in [0.2, 0.25) is 0 Å². The van der Waals surface area contributed by atoms with Crippen molar-refractivity contribution in [3.63, 3.8) is 0 Å². The molecule has 0 aliphatic carbocycles. The number of hydrogen-bond donors (Lipinski definition) is 2. The molecular weight excluding hydrogens is 89.0 g/mol. The summed E-state index contributed by atoms with van der Waals surface area (Å²) in [5.74, 6) is 0. The minimum absolute atomic E-state index is 0. The second-order valence-corrected chi connectivity index (χ2v) is 0.866. The van der Waals surface area contributed by atoms with Crippen LogP contribution < -0.4 is 35.3 Å². The van der Waals surface area contributed by atoms with E-state index in [9.17, 15) is 0 Å². The average molecular weight is 99.1 g/mol. The van der Waals surface area contributed by atoms with Crippen molar-refractivity contribution < 1.29 is 36.1 Å². The molecule has 0 bridgehead atoms. The second kappa shape index (κ2) is 9.33. The smallest absolute Gasteiger partial charge is 1.00 e. The topological polar surface area (TPSA) is 46.2 Å². The zero-order valence-corrected chi connectivity index (χ0v) is 6.15. The van der Waals surface area contributed by atoms with Crippen LogP contribution in [0.3, 0.4) is 0 Å². The maximum absolute atomic E-state index is 7.99. The number of hydrogen-bond acceptors (Lipinski definition) is 2. The third-order valence-corrected chi connectivity index (χ3v) is 0.362. The molecule has 0 spiro atoms. The molecule has 0 unspecified atom stereocenters. The molecule has 0 aromatic rings. The first-order chi connectivity index (χ1) is 2.41. The van der Waals surface area contributed by atoms with Gasteiger partial charge in [-0.2, -0.15) is 0 Å². The van der Waals surface area contributed by atoms with Gasteiger partial charge in [-0.15, -0.1) is 0 Å². The van der Waals surface area contributed by atoms with Gasteiger partial charge in [-0.1, -0.05) is 0 Å². The molecular formula is C3H10NNaO. The van der Waals surface area contributed by atoms with Crippen LogP contribution >= 0.6 is 0 Å². The molecule has 0 aromatic heterocycles. The van der Waals surface area contributed by atoms with E-state index < -0.39 is 0 Å². The average Bonchev–Trinajstić information content (AvgIpc) is 1.41. The molecule has 3 N–H and O–H groups in total. The van der Waals surface area contributed by atoms with E-state index in [1.165, 1.54) is 0 Å². The SMILES string of the molecule is NCCCO.[H-].[Na+]. The third-order valence-electron chi connectivity index (χ3n) is 0.362. The summed E-state index contributed by atoms with van der Waals surface area (Å²) in [7, 11) is 0. The molecule has 0 aromatic carbocycles. The molecule has 0 heterocycles. The Balaban J connectivity index is -0.0000000800. The Hall–Kier alpha value is 0.920. The maximum atomic E-state index is 7.99. The van der Waals surface area contributed by atoms with Crippen molar-refractivity contribution in [1.29, 1.82) is 0 Å². The molecule has 0 aliphatic rings. The predicted molar refractivity (Wildman–Crippen MR) is 21.9 cm³/mol. The Kier molecular flexibility index (Phi) is 15.6. The Labute approximate surface area is 61.5 Å². The second-order valence-electron chi connectivity index (χ2n) is 0.866. The quantitative estimate of drug-likeness (QED) is 0.352. The van der Waals surface area contributed by atoms with Gasteiger partial charge in [0.15, 0.2) is 0 Å². The van der Waals surface area contributed by atoms with Crippen LogP contribution in [0.25, 0.3) is 0 Å². The summed E-state index contributed by atoms with van der Waals surface area (Å²) in [5.41, 5.74) is 4.98. The van der Waals surface area contributed by atoms with Crippen molar-refractivity contribution in [2.75, 3.05) is 13.2 Å². The summed E-state index contributed by atoms with van der Waals surface area (Å²) >= 11 is 0. The number of aliphatic hydroxyl groups excluding tert-OH is 1. The zero-order valence-electron chi connectivity index (χ0n) is 5.15. The van der Waals surface area contributed by atoms with Gasteiger partial charge in [-0.3, -0.25) is 0 Å². The molecule has 0 atom stereocenters. The summed E-state index contributed by atoms with van der Waals surface area (Å²) in [6.45, 7) is 0.812. The molecule has 2 nitrogen and oxygen atoms in total. The third kappa shape index (κ3) is 8.87. The van der Waals surface area contributed by atoms with Crippen molar-refractivity contribution in [3.8, 4) is 0 Å². The Bertz CT molecular complexity index is 22.4. The van der Waals surface area contributed by atoms with Gasteiger partial charge in [0.1, 0.15) is 0 Å². The molecule has 0 aliphatic heterocycles. The van der Waals surface area contributed by atoms with Gasteiger partial charge >= 0.3 is 29.6 Å². The number of rotatable bonds is 2.